The van der Waals surface area contributed by atoms with E-state index in [-0.39, 0.29) is 0 Å². The fourth-order valence-electron chi connectivity index (χ4n) is 5.61. The maximum absolute atomic E-state index is 10.8. The predicted octanol–water partition coefficient (Wildman–Crippen LogP) is 4.23. The predicted molar refractivity (Wildman–Crippen MR) is 82.1 cm³/mol. The molecule has 112 valence electrons. The van der Waals surface area contributed by atoms with E-state index < -0.39 is 0 Å². The number of benzene rings is 1. The highest BCUT2D eigenvalue weighted by Crippen LogP contribution is 2.60. The molecule has 0 aliphatic heterocycles. The van der Waals surface area contributed by atoms with Crippen molar-refractivity contribution in [2.45, 2.75) is 45.1 Å². The highest BCUT2D eigenvalue weighted by atomic mass is 16.5. The Kier molecular flexibility index (Phi) is 3.37. The van der Waals surface area contributed by atoms with E-state index in [0.717, 1.165) is 41.8 Å². The smallest absolute Gasteiger partial charge is 0.150 e. The molecule has 0 amide bonds. The minimum atomic E-state index is 0.483. The minimum Gasteiger partial charge on any atom is -0.376 e. The van der Waals surface area contributed by atoms with Gasteiger partial charge in [-0.3, -0.25) is 4.79 Å². The zero-order valence-corrected chi connectivity index (χ0v) is 12.6. The number of hydrogen-bond acceptors (Lipinski definition) is 2. The Morgan fingerprint density at radius 1 is 1.10 bits per heavy atom. The lowest BCUT2D eigenvalue weighted by Crippen LogP contribution is -2.48. The van der Waals surface area contributed by atoms with Crippen molar-refractivity contribution in [1.29, 1.82) is 0 Å². The first kappa shape index (κ1) is 13.5. The van der Waals surface area contributed by atoms with Crippen LogP contribution in [-0.4, -0.2) is 12.9 Å². The van der Waals surface area contributed by atoms with E-state index in [1.165, 1.54) is 38.5 Å². The van der Waals surface area contributed by atoms with Crippen LogP contribution in [0.3, 0.4) is 0 Å². The molecule has 4 aliphatic rings. The highest BCUT2D eigenvalue weighted by molar-refractivity contribution is 5.74. The van der Waals surface area contributed by atoms with Crippen molar-refractivity contribution < 1.29 is 9.53 Å². The van der Waals surface area contributed by atoms with Gasteiger partial charge in [-0.05, 0) is 73.3 Å². The van der Waals surface area contributed by atoms with Crippen LogP contribution in [0, 0.1) is 23.2 Å². The summed E-state index contributed by atoms with van der Waals surface area (Å²) in [5.41, 5.74) is 2.34. The summed E-state index contributed by atoms with van der Waals surface area (Å²) >= 11 is 0. The topological polar surface area (TPSA) is 26.3 Å². The van der Waals surface area contributed by atoms with Gasteiger partial charge < -0.3 is 4.74 Å². The summed E-state index contributed by atoms with van der Waals surface area (Å²) in [7, 11) is 0. The van der Waals surface area contributed by atoms with Crippen molar-refractivity contribution in [1.82, 2.24) is 0 Å². The maximum Gasteiger partial charge on any atom is 0.150 e. The largest absolute Gasteiger partial charge is 0.376 e. The number of hydrogen-bond donors (Lipinski definition) is 0. The zero-order valence-electron chi connectivity index (χ0n) is 12.6. The van der Waals surface area contributed by atoms with Crippen molar-refractivity contribution in [3.8, 4) is 0 Å². The number of carbonyl (C=O) groups excluding carboxylic acids is 1. The van der Waals surface area contributed by atoms with Crippen LogP contribution < -0.4 is 0 Å². The second-order valence-corrected chi connectivity index (χ2v) is 7.77. The van der Waals surface area contributed by atoms with E-state index in [9.17, 15) is 4.79 Å². The fraction of sp³-hybridized carbons (Fsp3) is 0.632. The Bertz CT molecular complexity index is 499. The Balaban J connectivity index is 1.37. The van der Waals surface area contributed by atoms with Gasteiger partial charge in [-0.1, -0.05) is 18.2 Å². The molecule has 1 aromatic rings. The van der Waals surface area contributed by atoms with Gasteiger partial charge in [0, 0.05) is 5.56 Å². The van der Waals surface area contributed by atoms with Crippen LogP contribution in [0.1, 0.15) is 54.4 Å². The molecular weight excluding hydrogens is 260 g/mol. The highest BCUT2D eigenvalue weighted by Gasteiger charge is 2.50. The van der Waals surface area contributed by atoms with Gasteiger partial charge in [-0.15, -0.1) is 0 Å². The monoisotopic (exact) mass is 284 g/mol. The minimum absolute atomic E-state index is 0.483. The molecule has 0 spiro atoms. The molecule has 21 heavy (non-hydrogen) atoms. The summed E-state index contributed by atoms with van der Waals surface area (Å²) in [5, 5.41) is 0. The van der Waals surface area contributed by atoms with Crippen molar-refractivity contribution in [2.24, 2.45) is 23.2 Å². The third-order valence-corrected chi connectivity index (χ3v) is 5.93. The van der Waals surface area contributed by atoms with Gasteiger partial charge in [0.2, 0.25) is 0 Å². The molecule has 4 bridgehead atoms. The number of aldehydes is 1. The standard InChI is InChI=1S/C19H24O2/c20-11-14-2-1-3-15(4-14)12-21-13-19-8-16-5-17(9-19)7-18(6-16)10-19/h1-4,11,16-18H,5-10,12-13H2. The number of rotatable bonds is 5. The molecule has 0 heterocycles. The molecular formula is C19H24O2. The van der Waals surface area contributed by atoms with Gasteiger partial charge >= 0.3 is 0 Å². The average molecular weight is 284 g/mol. The number of carbonyl (C=O) groups is 1. The molecule has 5 rings (SSSR count). The van der Waals surface area contributed by atoms with E-state index in [1.807, 2.05) is 24.3 Å². The van der Waals surface area contributed by atoms with Crippen LogP contribution >= 0.6 is 0 Å². The van der Waals surface area contributed by atoms with Crippen molar-refractivity contribution in [3.63, 3.8) is 0 Å². The molecule has 2 nitrogen and oxygen atoms in total. The van der Waals surface area contributed by atoms with Crippen molar-refractivity contribution in [2.75, 3.05) is 6.61 Å². The van der Waals surface area contributed by atoms with Crippen LogP contribution in [-0.2, 0) is 11.3 Å². The molecule has 4 saturated carbocycles. The molecule has 2 heteroatoms. The second-order valence-electron chi connectivity index (χ2n) is 7.77. The lowest BCUT2D eigenvalue weighted by atomic mass is 9.50. The fourth-order valence-corrected chi connectivity index (χ4v) is 5.61. The molecule has 0 N–H and O–H groups in total. The van der Waals surface area contributed by atoms with E-state index in [0.29, 0.717) is 12.0 Å². The Hall–Kier alpha value is -1.15. The van der Waals surface area contributed by atoms with Gasteiger partial charge in [0.1, 0.15) is 6.29 Å². The van der Waals surface area contributed by atoms with Crippen LogP contribution in [0.2, 0.25) is 0 Å². The summed E-state index contributed by atoms with van der Waals surface area (Å²) in [5.74, 6) is 2.95. The summed E-state index contributed by atoms with van der Waals surface area (Å²) < 4.78 is 6.09. The van der Waals surface area contributed by atoms with E-state index >= 15 is 0 Å². The lowest BCUT2D eigenvalue weighted by Gasteiger charge is -2.56. The quantitative estimate of drug-likeness (QED) is 0.756. The third-order valence-electron chi connectivity index (χ3n) is 5.93. The molecule has 1 aromatic carbocycles. The average Bonchev–Trinajstić information content (AvgIpc) is 2.46. The van der Waals surface area contributed by atoms with Gasteiger partial charge in [0.15, 0.2) is 0 Å². The lowest BCUT2D eigenvalue weighted by molar-refractivity contribution is -0.0994. The van der Waals surface area contributed by atoms with Gasteiger partial charge in [0.25, 0.3) is 0 Å². The van der Waals surface area contributed by atoms with Crippen molar-refractivity contribution >= 4 is 6.29 Å². The van der Waals surface area contributed by atoms with Crippen LogP contribution in [0.4, 0.5) is 0 Å². The van der Waals surface area contributed by atoms with Crippen LogP contribution in [0.15, 0.2) is 24.3 Å². The van der Waals surface area contributed by atoms with E-state index in [2.05, 4.69) is 0 Å². The van der Waals surface area contributed by atoms with Gasteiger partial charge in [0.05, 0.1) is 13.2 Å². The summed E-state index contributed by atoms with van der Waals surface area (Å²) in [4.78, 5) is 10.8. The first-order chi connectivity index (χ1) is 10.2. The second kappa shape index (κ2) is 5.24. The molecule has 4 aliphatic carbocycles. The molecule has 4 fully saturated rings. The summed E-state index contributed by atoms with van der Waals surface area (Å²) in [6.07, 6.45) is 9.55. The maximum atomic E-state index is 10.8. The molecule has 0 saturated heterocycles. The van der Waals surface area contributed by atoms with Crippen LogP contribution in [0.5, 0.6) is 0 Å². The Labute approximate surface area is 126 Å². The Morgan fingerprint density at radius 3 is 2.38 bits per heavy atom. The molecule has 0 unspecified atom stereocenters. The zero-order chi connectivity index (χ0) is 14.3. The first-order valence-corrected chi connectivity index (χ1v) is 8.37. The number of ether oxygens (including phenoxy) is 1. The first-order valence-electron chi connectivity index (χ1n) is 8.37. The summed E-state index contributed by atoms with van der Waals surface area (Å²) in [6.45, 7) is 1.56. The van der Waals surface area contributed by atoms with Gasteiger partial charge in [-0.25, -0.2) is 0 Å². The molecule has 0 radical (unpaired) electrons. The van der Waals surface area contributed by atoms with E-state index in [1.54, 1.807) is 0 Å². The third kappa shape index (κ3) is 2.66. The molecule has 0 aromatic heterocycles. The van der Waals surface area contributed by atoms with Gasteiger partial charge in [-0.2, -0.15) is 0 Å². The SMILES string of the molecule is O=Cc1cccc(COCC23CC4CC(CC(C4)C2)C3)c1. The molecule has 0 atom stereocenters. The van der Waals surface area contributed by atoms with Crippen LogP contribution in [0.25, 0.3) is 0 Å². The summed E-state index contributed by atoms with van der Waals surface area (Å²) in [6, 6.07) is 7.77. The van der Waals surface area contributed by atoms with E-state index in [4.69, 9.17) is 4.74 Å². The van der Waals surface area contributed by atoms with Crippen molar-refractivity contribution in [3.05, 3.63) is 35.4 Å². The normalized spacial score (nSPS) is 36.9. The Morgan fingerprint density at radius 2 is 1.76 bits per heavy atom.